The number of aromatic nitrogens is 1. The second-order valence-electron chi connectivity index (χ2n) is 8.39. The van der Waals surface area contributed by atoms with Crippen molar-refractivity contribution in [2.75, 3.05) is 46.2 Å². The summed E-state index contributed by atoms with van der Waals surface area (Å²) in [7, 11) is 0. The summed E-state index contributed by atoms with van der Waals surface area (Å²) in [6, 6.07) is 6.94. The van der Waals surface area contributed by atoms with Gasteiger partial charge < -0.3 is 23.9 Å². The van der Waals surface area contributed by atoms with Crippen LogP contribution in [0, 0.1) is 5.92 Å². The van der Waals surface area contributed by atoms with Crippen LogP contribution >= 0.6 is 0 Å². The summed E-state index contributed by atoms with van der Waals surface area (Å²) in [5, 5.41) is 12.5. The predicted octanol–water partition coefficient (Wildman–Crippen LogP) is 3.49. The van der Waals surface area contributed by atoms with Crippen molar-refractivity contribution in [3.05, 3.63) is 29.3 Å². The highest BCUT2D eigenvalue weighted by atomic mass is 16.5. The van der Waals surface area contributed by atoms with Crippen LogP contribution < -0.4 is 0 Å². The second kappa shape index (κ2) is 8.46. The topological polar surface area (TPSA) is 65.2 Å². The predicted molar refractivity (Wildman–Crippen MR) is 112 cm³/mol. The second-order valence-corrected chi connectivity index (χ2v) is 8.39. The lowest BCUT2D eigenvalue weighted by molar-refractivity contribution is 0.0688. The first-order chi connectivity index (χ1) is 14.3. The third kappa shape index (κ3) is 3.81. The molecular weight excluding hydrogens is 368 g/mol. The Labute approximate surface area is 171 Å². The number of ether oxygens (including phenoxy) is 3. The zero-order valence-corrected chi connectivity index (χ0v) is 16.9. The van der Waals surface area contributed by atoms with E-state index in [2.05, 4.69) is 22.8 Å². The van der Waals surface area contributed by atoms with Gasteiger partial charge in [-0.05, 0) is 49.3 Å². The first-order valence-corrected chi connectivity index (χ1v) is 10.9. The van der Waals surface area contributed by atoms with Gasteiger partial charge in [-0.3, -0.25) is 4.99 Å². The van der Waals surface area contributed by atoms with E-state index in [1.54, 1.807) is 0 Å². The number of aliphatic imine (C=N–C) groups is 1. The number of hydrogen-bond acceptors (Lipinski definition) is 5. The van der Waals surface area contributed by atoms with Gasteiger partial charge in [0.1, 0.15) is 0 Å². The van der Waals surface area contributed by atoms with Crippen molar-refractivity contribution < 1.29 is 19.3 Å². The Morgan fingerprint density at radius 3 is 2.66 bits per heavy atom. The minimum Gasteiger partial charge on any atom is -0.494 e. The minimum atomic E-state index is 0.261. The van der Waals surface area contributed by atoms with Crippen LogP contribution in [0.5, 0.6) is 5.88 Å². The summed E-state index contributed by atoms with van der Waals surface area (Å²) in [5.74, 6) is 0.944. The lowest BCUT2D eigenvalue weighted by atomic mass is 9.96. The maximum absolute atomic E-state index is 11.4. The molecule has 1 atom stereocenters. The molecule has 29 heavy (non-hydrogen) atoms. The number of rotatable bonds is 4. The van der Waals surface area contributed by atoms with E-state index in [1.165, 1.54) is 5.56 Å². The Bertz CT molecular complexity index is 892. The van der Waals surface area contributed by atoms with Gasteiger partial charge in [0.25, 0.3) is 0 Å². The molecule has 0 bridgehead atoms. The van der Waals surface area contributed by atoms with Crippen LogP contribution in [0.3, 0.4) is 0 Å². The van der Waals surface area contributed by atoms with Gasteiger partial charge >= 0.3 is 0 Å². The Hall–Kier alpha value is -1.89. The van der Waals surface area contributed by atoms with E-state index in [0.717, 1.165) is 80.7 Å². The molecule has 3 aliphatic rings. The summed E-state index contributed by atoms with van der Waals surface area (Å²) in [5.41, 5.74) is 4.28. The van der Waals surface area contributed by atoms with Crippen LogP contribution in [0.25, 0.3) is 10.9 Å². The lowest BCUT2D eigenvalue weighted by Crippen LogP contribution is -2.19. The van der Waals surface area contributed by atoms with Gasteiger partial charge in [0.15, 0.2) is 0 Å². The number of hydrogen-bond donors (Lipinski definition) is 1. The summed E-state index contributed by atoms with van der Waals surface area (Å²) in [6.07, 6.45) is 4.74. The smallest absolute Gasteiger partial charge is 0.201 e. The molecule has 0 spiro atoms. The Morgan fingerprint density at radius 2 is 1.83 bits per heavy atom. The van der Waals surface area contributed by atoms with Crippen LogP contribution in [0.15, 0.2) is 23.2 Å². The highest BCUT2D eigenvalue weighted by molar-refractivity contribution is 6.13. The molecule has 6 heteroatoms. The molecule has 5 rings (SSSR count). The van der Waals surface area contributed by atoms with E-state index in [-0.39, 0.29) is 6.04 Å². The van der Waals surface area contributed by atoms with Gasteiger partial charge in [-0.25, -0.2) is 0 Å². The fourth-order valence-electron chi connectivity index (χ4n) is 4.95. The maximum atomic E-state index is 11.4. The van der Waals surface area contributed by atoms with E-state index in [9.17, 15) is 5.11 Å². The number of nitrogens with zero attached hydrogens (tertiary/aromatic N) is 2. The fourth-order valence-corrected chi connectivity index (χ4v) is 4.95. The quantitative estimate of drug-likeness (QED) is 0.856. The first kappa shape index (κ1) is 19.1. The van der Waals surface area contributed by atoms with Crippen LogP contribution in [-0.2, 0) is 20.6 Å². The van der Waals surface area contributed by atoms with E-state index < -0.39 is 0 Å². The number of aromatic hydroxyl groups is 1. The number of benzene rings is 1. The average molecular weight is 399 g/mol. The van der Waals surface area contributed by atoms with E-state index >= 15 is 0 Å². The largest absolute Gasteiger partial charge is 0.494 e. The third-order valence-electron chi connectivity index (χ3n) is 6.46. The molecule has 1 N–H and O–H groups in total. The average Bonchev–Trinajstić information content (AvgIpc) is 3.25. The zero-order chi connectivity index (χ0) is 19.6. The van der Waals surface area contributed by atoms with Crippen LogP contribution in [0.4, 0.5) is 0 Å². The van der Waals surface area contributed by atoms with E-state index in [0.29, 0.717) is 31.6 Å². The summed E-state index contributed by atoms with van der Waals surface area (Å²) >= 11 is 0. The molecular formula is C23H30N2O4. The maximum Gasteiger partial charge on any atom is 0.201 e. The highest BCUT2D eigenvalue weighted by Gasteiger charge is 2.27. The molecule has 156 valence electrons. The van der Waals surface area contributed by atoms with Crippen molar-refractivity contribution in [3.63, 3.8) is 0 Å². The number of fused-ring (bicyclic) bond motifs is 1. The molecule has 1 aromatic heterocycles. The van der Waals surface area contributed by atoms with Gasteiger partial charge in [-0.2, -0.15) is 0 Å². The standard InChI is InChI=1S/C23H30N2O4/c26-23-22(20-6-11-28-12-7-24-20)19-14-16(13-17-3-8-29-15-17)1-2-21(19)25(23)18-4-9-27-10-5-18/h1-2,14,17-18,26H,3-13,15H2. The Kier molecular flexibility index (Phi) is 5.57. The minimum absolute atomic E-state index is 0.261. The van der Waals surface area contributed by atoms with Crippen LogP contribution in [0.1, 0.15) is 42.9 Å². The first-order valence-electron chi connectivity index (χ1n) is 10.9. The molecule has 0 amide bonds. The third-order valence-corrected chi connectivity index (χ3v) is 6.46. The molecule has 0 radical (unpaired) electrons. The molecule has 6 nitrogen and oxygen atoms in total. The van der Waals surface area contributed by atoms with E-state index in [4.69, 9.17) is 19.2 Å². The lowest BCUT2D eigenvalue weighted by Gasteiger charge is -2.25. The molecule has 2 aromatic rings. The summed E-state index contributed by atoms with van der Waals surface area (Å²) in [6.45, 7) is 5.16. The van der Waals surface area contributed by atoms with Crippen LogP contribution in [-0.4, -0.2) is 61.6 Å². The molecule has 2 fully saturated rings. The van der Waals surface area contributed by atoms with Gasteiger partial charge in [0, 0.05) is 44.3 Å². The Morgan fingerprint density at radius 1 is 1.00 bits per heavy atom. The SMILES string of the molecule is Oc1c(C2=NCCOCC2)c2cc(CC3CCOC3)ccc2n1C1CCOCC1. The van der Waals surface area contributed by atoms with Gasteiger partial charge in [-0.1, -0.05) is 6.07 Å². The van der Waals surface area contributed by atoms with Crippen molar-refractivity contribution in [1.29, 1.82) is 0 Å². The van der Waals surface area contributed by atoms with Crippen molar-refractivity contribution in [2.24, 2.45) is 10.9 Å². The molecule has 0 aliphatic carbocycles. The normalized spacial score (nSPS) is 24.0. The summed E-state index contributed by atoms with van der Waals surface area (Å²) in [4.78, 5) is 4.77. The molecule has 3 aliphatic heterocycles. The highest BCUT2D eigenvalue weighted by Crippen LogP contribution is 2.39. The van der Waals surface area contributed by atoms with Crippen molar-refractivity contribution in [1.82, 2.24) is 4.57 Å². The van der Waals surface area contributed by atoms with Gasteiger partial charge in [0.2, 0.25) is 5.88 Å². The van der Waals surface area contributed by atoms with Crippen molar-refractivity contribution in [2.45, 2.75) is 38.1 Å². The van der Waals surface area contributed by atoms with Gasteiger partial charge in [-0.15, -0.1) is 0 Å². The van der Waals surface area contributed by atoms with E-state index in [1.807, 2.05) is 0 Å². The molecule has 4 heterocycles. The molecule has 1 aromatic carbocycles. The zero-order valence-electron chi connectivity index (χ0n) is 16.9. The van der Waals surface area contributed by atoms with Crippen LogP contribution in [0.2, 0.25) is 0 Å². The van der Waals surface area contributed by atoms with Gasteiger partial charge in [0.05, 0.1) is 36.6 Å². The molecule has 0 saturated carbocycles. The fraction of sp³-hybridized carbons (Fsp3) is 0.609. The Balaban J connectivity index is 1.60. The summed E-state index contributed by atoms with van der Waals surface area (Å²) < 4.78 is 18.9. The molecule has 1 unspecified atom stereocenters. The monoisotopic (exact) mass is 398 g/mol. The van der Waals surface area contributed by atoms with Crippen molar-refractivity contribution in [3.8, 4) is 5.88 Å². The van der Waals surface area contributed by atoms with Crippen molar-refractivity contribution >= 4 is 16.6 Å². The molecule has 2 saturated heterocycles.